The zero-order valence-electron chi connectivity index (χ0n) is 5.34. The summed E-state index contributed by atoms with van der Waals surface area (Å²) in [6.45, 7) is 0. The Hall–Kier alpha value is -1.92. The first kappa shape index (κ1) is 5.83. The first-order chi connectivity index (χ1) is 5.47. The summed E-state index contributed by atoms with van der Waals surface area (Å²) in [4.78, 5) is 0. The molecule has 0 aromatic carbocycles. The molecule has 0 atom stereocenters. The van der Waals surface area contributed by atoms with E-state index in [9.17, 15) is 0 Å². The first-order valence-electron chi connectivity index (χ1n) is 2.85. The summed E-state index contributed by atoms with van der Waals surface area (Å²) < 4.78 is 0. The van der Waals surface area contributed by atoms with Crippen molar-refractivity contribution in [3.63, 3.8) is 0 Å². The molecule has 0 aliphatic carbocycles. The number of hydrogen-bond donors (Lipinski definition) is 1. The normalized spacial score (nSPS) is 9.82. The SMILES string of the molecule is c1nnnnc1-c1c[nH]nn1. The Morgan fingerprint density at radius 1 is 1.09 bits per heavy atom. The molecule has 1 N–H and O–H groups in total. The fourth-order valence-electron chi connectivity index (χ4n) is 0.642. The summed E-state index contributed by atoms with van der Waals surface area (Å²) in [5.74, 6) is 0. The molecule has 2 heterocycles. The van der Waals surface area contributed by atoms with E-state index in [1.165, 1.54) is 6.20 Å². The average molecular weight is 149 g/mol. The van der Waals surface area contributed by atoms with Crippen LogP contribution >= 0.6 is 0 Å². The van der Waals surface area contributed by atoms with Crippen LogP contribution in [-0.2, 0) is 0 Å². The van der Waals surface area contributed by atoms with Crippen molar-refractivity contribution in [2.75, 3.05) is 0 Å². The Labute approximate surface area is 60.9 Å². The number of nitrogens with zero attached hydrogens (tertiary/aromatic N) is 6. The Bertz CT molecular complexity index is 313. The van der Waals surface area contributed by atoms with E-state index in [4.69, 9.17) is 0 Å². The Morgan fingerprint density at radius 3 is 2.73 bits per heavy atom. The van der Waals surface area contributed by atoms with Crippen LogP contribution in [0.3, 0.4) is 0 Å². The number of aromatic nitrogens is 7. The van der Waals surface area contributed by atoms with Gasteiger partial charge < -0.3 is 0 Å². The first-order valence-corrected chi connectivity index (χ1v) is 2.85. The van der Waals surface area contributed by atoms with Gasteiger partial charge in [-0.25, -0.2) is 0 Å². The summed E-state index contributed by atoms with van der Waals surface area (Å²) in [6.07, 6.45) is 3.07. The highest BCUT2D eigenvalue weighted by Gasteiger charge is 2.01. The second kappa shape index (κ2) is 2.37. The Morgan fingerprint density at radius 2 is 2.09 bits per heavy atom. The third-order valence-corrected chi connectivity index (χ3v) is 1.10. The van der Waals surface area contributed by atoms with E-state index in [0.717, 1.165) is 0 Å². The predicted octanol–water partition coefficient (Wildman–Crippen LogP) is -0.948. The minimum absolute atomic E-state index is 0.550. The molecule has 0 unspecified atom stereocenters. The Kier molecular flexibility index (Phi) is 1.26. The molecule has 0 saturated carbocycles. The summed E-state index contributed by atoms with van der Waals surface area (Å²) in [7, 11) is 0. The van der Waals surface area contributed by atoms with Gasteiger partial charge in [-0.15, -0.1) is 15.3 Å². The fraction of sp³-hybridized carbons (Fsp3) is 0. The maximum atomic E-state index is 3.71. The molecule has 0 amide bonds. The minimum Gasteiger partial charge on any atom is -0.265 e. The fourth-order valence-corrected chi connectivity index (χ4v) is 0.642. The van der Waals surface area contributed by atoms with Gasteiger partial charge >= 0.3 is 0 Å². The number of H-pyrrole nitrogens is 1. The number of aromatic amines is 1. The van der Waals surface area contributed by atoms with Crippen molar-refractivity contribution >= 4 is 0 Å². The van der Waals surface area contributed by atoms with Gasteiger partial charge in [-0.05, 0) is 10.4 Å². The standard InChI is InChI=1S/C4H3N7/c1-3(7-9-5-1)4-2-6-10-11-8-4/h1-2H,(H,5,7,9). The van der Waals surface area contributed by atoms with Crippen LogP contribution in [0, 0.1) is 0 Å². The molecule has 0 radical (unpaired) electrons. The third-order valence-electron chi connectivity index (χ3n) is 1.10. The van der Waals surface area contributed by atoms with Crippen LogP contribution in [0.25, 0.3) is 11.4 Å². The van der Waals surface area contributed by atoms with E-state index in [1.54, 1.807) is 6.20 Å². The molecule has 7 heteroatoms. The summed E-state index contributed by atoms with van der Waals surface area (Å²) in [5.41, 5.74) is 1.15. The second-order valence-electron chi connectivity index (χ2n) is 1.77. The lowest BCUT2D eigenvalue weighted by Crippen LogP contribution is -1.92. The van der Waals surface area contributed by atoms with E-state index in [1.807, 2.05) is 0 Å². The largest absolute Gasteiger partial charge is 0.265 e. The lowest BCUT2D eigenvalue weighted by molar-refractivity contribution is 0.764. The van der Waals surface area contributed by atoms with Crippen LogP contribution in [0.2, 0.25) is 0 Å². The van der Waals surface area contributed by atoms with Gasteiger partial charge in [0.25, 0.3) is 0 Å². The molecule has 0 bridgehead atoms. The van der Waals surface area contributed by atoms with Crippen LogP contribution in [0.5, 0.6) is 0 Å². The van der Waals surface area contributed by atoms with E-state index < -0.39 is 0 Å². The maximum absolute atomic E-state index is 3.71. The van der Waals surface area contributed by atoms with Gasteiger partial charge in [0, 0.05) is 0 Å². The second-order valence-corrected chi connectivity index (χ2v) is 1.77. The minimum atomic E-state index is 0.550. The molecular formula is C4H3N7. The molecule has 0 saturated heterocycles. The predicted molar refractivity (Wildman–Crippen MR) is 33.0 cm³/mol. The zero-order chi connectivity index (χ0) is 7.52. The molecule has 54 valence electrons. The molecule has 2 aromatic rings. The zero-order valence-corrected chi connectivity index (χ0v) is 5.34. The van der Waals surface area contributed by atoms with Crippen molar-refractivity contribution in [1.29, 1.82) is 0 Å². The van der Waals surface area contributed by atoms with Gasteiger partial charge in [-0.3, -0.25) is 5.10 Å². The smallest absolute Gasteiger partial charge is 0.137 e. The molecular weight excluding hydrogens is 146 g/mol. The van der Waals surface area contributed by atoms with Gasteiger partial charge in [0.2, 0.25) is 0 Å². The average Bonchev–Trinajstić information content (AvgIpc) is 2.58. The third kappa shape index (κ3) is 1.02. The van der Waals surface area contributed by atoms with Crippen LogP contribution in [0.15, 0.2) is 12.4 Å². The molecule has 2 rings (SSSR count). The van der Waals surface area contributed by atoms with Gasteiger partial charge in [-0.1, -0.05) is 5.21 Å². The van der Waals surface area contributed by atoms with Crippen molar-refractivity contribution in [2.24, 2.45) is 0 Å². The summed E-state index contributed by atoms with van der Waals surface area (Å²) in [5, 5.41) is 23.6. The molecule has 0 fully saturated rings. The number of hydrogen-bond acceptors (Lipinski definition) is 6. The van der Waals surface area contributed by atoms with Crippen LogP contribution < -0.4 is 0 Å². The summed E-state index contributed by atoms with van der Waals surface area (Å²) in [6, 6.07) is 0. The highest BCUT2D eigenvalue weighted by molar-refractivity contribution is 5.48. The lowest BCUT2D eigenvalue weighted by Gasteiger charge is -1.86. The maximum Gasteiger partial charge on any atom is 0.137 e. The lowest BCUT2D eigenvalue weighted by atomic mass is 10.4. The van der Waals surface area contributed by atoms with Gasteiger partial charge in [0.1, 0.15) is 11.4 Å². The Balaban J connectivity index is 2.46. The molecule has 7 nitrogen and oxygen atoms in total. The van der Waals surface area contributed by atoms with E-state index >= 15 is 0 Å². The molecule has 2 aromatic heterocycles. The van der Waals surface area contributed by atoms with Crippen molar-refractivity contribution < 1.29 is 0 Å². The van der Waals surface area contributed by atoms with Crippen molar-refractivity contribution in [3.05, 3.63) is 12.4 Å². The monoisotopic (exact) mass is 149 g/mol. The summed E-state index contributed by atoms with van der Waals surface area (Å²) >= 11 is 0. The molecule has 11 heavy (non-hydrogen) atoms. The van der Waals surface area contributed by atoms with Gasteiger partial charge in [-0.2, -0.15) is 0 Å². The van der Waals surface area contributed by atoms with E-state index in [-0.39, 0.29) is 0 Å². The van der Waals surface area contributed by atoms with Crippen molar-refractivity contribution in [2.45, 2.75) is 0 Å². The van der Waals surface area contributed by atoms with Gasteiger partial charge in [0.05, 0.1) is 12.4 Å². The highest BCUT2D eigenvalue weighted by Crippen LogP contribution is 2.06. The van der Waals surface area contributed by atoms with Crippen LogP contribution in [0.4, 0.5) is 0 Å². The van der Waals surface area contributed by atoms with E-state index in [2.05, 4.69) is 36.0 Å². The van der Waals surface area contributed by atoms with Crippen LogP contribution in [0.1, 0.15) is 0 Å². The van der Waals surface area contributed by atoms with Gasteiger partial charge in [0.15, 0.2) is 0 Å². The number of rotatable bonds is 1. The molecule has 0 spiro atoms. The van der Waals surface area contributed by atoms with Crippen LogP contribution in [-0.4, -0.2) is 36.0 Å². The van der Waals surface area contributed by atoms with Crippen molar-refractivity contribution in [1.82, 2.24) is 36.0 Å². The molecule has 0 aliphatic rings. The van der Waals surface area contributed by atoms with Crippen molar-refractivity contribution in [3.8, 4) is 11.4 Å². The van der Waals surface area contributed by atoms with E-state index in [0.29, 0.717) is 11.4 Å². The number of nitrogens with one attached hydrogen (secondary N) is 1. The topological polar surface area (TPSA) is 93.1 Å². The molecule has 0 aliphatic heterocycles. The quantitative estimate of drug-likeness (QED) is 0.562. The highest BCUT2D eigenvalue weighted by atomic mass is 15.4.